The SMILES string of the molecule is CC1(C)c2ccccc2C2=CC=C([C@H]3CC=C(I)CC3)CC21. The Morgan fingerprint density at radius 3 is 2.73 bits per heavy atom. The number of hydrogen-bond donors (Lipinski definition) is 0. The number of hydrogen-bond acceptors (Lipinski definition) is 0. The molecule has 0 aromatic heterocycles. The second kappa shape index (κ2) is 5.36. The number of allylic oxidation sites excluding steroid dienone is 6. The van der Waals surface area contributed by atoms with Crippen LogP contribution >= 0.6 is 22.6 Å². The minimum atomic E-state index is 0.265. The summed E-state index contributed by atoms with van der Waals surface area (Å²) >= 11 is 2.50. The lowest BCUT2D eigenvalue weighted by molar-refractivity contribution is 0.387. The fraction of sp³-hybridized carbons (Fsp3) is 0.429. The predicted molar refractivity (Wildman–Crippen MR) is 103 cm³/mol. The standard InChI is InChI=1S/C21H23I/c1-21(2)19-6-4-3-5-17(19)18-12-9-15(13-20(18)21)14-7-10-16(22)11-8-14/h3-6,9-10,12,14,20H,7-8,11,13H2,1-2H3/t14-,20?/m0/s1. The minimum absolute atomic E-state index is 0.265. The van der Waals surface area contributed by atoms with E-state index in [2.05, 4.69) is 78.9 Å². The first kappa shape index (κ1) is 14.7. The zero-order valence-electron chi connectivity index (χ0n) is 13.4. The van der Waals surface area contributed by atoms with E-state index < -0.39 is 0 Å². The highest BCUT2D eigenvalue weighted by Gasteiger charge is 2.44. The third-order valence-electron chi connectivity index (χ3n) is 5.98. The molecule has 0 bridgehead atoms. The van der Waals surface area contributed by atoms with Crippen molar-refractivity contribution in [1.82, 2.24) is 0 Å². The largest absolute Gasteiger partial charge is 0.0746 e. The summed E-state index contributed by atoms with van der Waals surface area (Å²) in [4.78, 5) is 0. The Hall–Kier alpha value is -0.830. The van der Waals surface area contributed by atoms with Gasteiger partial charge in [-0.15, -0.1) is 0 Å². The molecule has 0 amide bonds. The Bertz CT molecular complexity index is 702. The molecule has 1 aromatic carbocycles. The first-order chi connectivity index (χ1) is 10.6. The molecule has 0 spiro atoms. The van der Waals surface area contributed by atoms with Gasteiger partial charge in [0.05, 0.1) is 0 Å². The van der Waals surface area contributed by atoms with Gasteiger partial charge in [0, 0.05) is 0 Å². The summed E-state index contributed by atoms with van der Waals surface area (Å²) in [5.41, 5.74) is 6.56. The Labute approximate surface area is 147 Å². The lowest BCUT2D eigenvalue weighted by Gasteiger charge is -2.34. The molecular weight excluding hydrogens is 379 g/mol. The van der Waals surface area contributed by atoms with E-state index in [0.717, 1.165) is 5.92 Å². The monoisotopic (exact) mass is 402 g/mol. The normalized spacial score (nSPS) is 29.1. The van der Waals surface area contributed by atoms with E-state index in [4.69, 9.17) is 0 Å². The first-order valence-corrected chi connectivity index (χ1v) is 9.50. The van der Waals surface area contributed by atoms with Crippen LogP contribution in [0, 0.1) is 11.8 Å². The maximum Gasteiger partial charge on any atom is -0.00256 e. The molecule has 0 fully saturated rings. The van der Waals surface area contributed by atoms with Gasteiger partial charge in [0.15, 0.2) is 0 Å². The molecule has 1 unspecified atom stereocenters. The van der Waals surface area contributed by atoms with Gasteiger partial charge >= 0.3 is 0 Å². The third kappa shape index (κ3) is 2.24. The average Bonchev–Trinajstić information content (AvgIpc) is 2.77. The van der Waals surface area contributed by atoms with E-state index in [1.807, 2.05) is 0 Å². The maximum atomic E-state index is 2.50. The highest BCUT2D eigenvalue weighted by atomic mass is 127. The van der Waals surface area contributed by atoms with E-state index in [1.165, 1.54) is 31.2 Å². The van der Waals surface area contributed by atoms with E-state index in [1.54, 1.807) is 20.3 Å². The highest BCUT2D eigenvalue weighted by molar-refractivity contribution is 14.1. The van der Waals surface area contributed by atoms with Crippen molar-refractivity contribution in [2.45, 2.75) is 44.9 Å². The van der Waals surface area contributed by atoms with Crippen molar-refractivity contribution >= 4 is 28.2 Å². The van der Waals surface area contributed by atoms with Gasteiger partial charge in [-0.25, -0.2) is 0 Å². The van der Waals surface area contributed by atoms with Crippen LogP contribution in [0.1, 0.15) is 50.7 Å². The van der Waals surface area contributed by atoms with Crippen LogP contribution < -0.4 is 0 Å². The van der Waals surface area contributed by atoms with Crippen LogP contribution in [0.5, 0.6) is 0 Å². The van der Waals surface area contributed by atoms with Crippen molar-refractivity contribution < 1.29 is 0 Å². The van der Waals surface area contributed by atoms with Crippen LogP contribution in [0.3, 0.4) is 0 Å². The molecule has 2 atom stereocenters. The predicted octanol–water partition coefficient (Wildman–Crippen LogP) is 6.43. The van der Waals surface area contributed by atoms with E-state index >= 15 is 0 Å². The lowest BCUT2D eigenvalue weighted by atomic mass is 9.70. The average molecular weight is 402 g/mol. The fourth-order valence-electron chi connectivity index (χ4n) is 4.57. The van der Waals surface area contributed by atoms with Crippen LogP contribution in [-0.2, 0) is 5.41 Å². The van der Waals surface area contributed by atoms with Gasteiger partial charge in [0.2, 0.25) is 0 Å². The van der Waals surface area contributed by atoms with Crippen molar-refractivity contribution in [3.05, 3.63) is 62.8 Å². The van der Waals surface area contributed by atoms with Gasteiger partial charge in [-0.2, -0.15) is 0 Å². The molecule has 0 saturated carbocycles. The summed E-state index contributed by atoms with van der Waals surface area (Å²) in [6.07, 6.45) is 12.4. The summed E-state index contributed by atoms with van der Waals surface area (Å²) in [6, 6.07) is 9.03. The maximum absolute atomic E-state index is 2.50. The molecule has 1 aromatic rings. The second-order valence-electron chi connectivity index (χ2n) is 7.51. The number of halogens is 1. The molecule has 0 nitrogen and oxygen atoms in total. The molecule has 0 saturated heterocycles. The fourth-order valence-corrected chi connectivity index (χ4v) is 5.14. The summed E-state index contributed by atoms with van der Waals surface area (Å²) in [5.74, 6) is 1.44. The third-order valence-corrected chi connectivity index (χ3v) is 6.96. The van der Waals surface area contributed by atoms with E-state index in [-0.39, 0.29) is 5.41 Å². The number of rotatable bonds is 1. The summed E-state index contributed by atoms with van der Waals surface area (Å²) in [5, 5.41) is 0. The molecule has 1 heteroatoms. The van der Waals surface area contributed by atoms with Gasteiger partial charge in [0.1, 0.15) is 0 Å². The van der Waals surface area contributed by atoms with Gasteiger partial charge in [0.25, 0.3) is 0 Å². The summed E-state index contributed by atoms with van der Waals surface area (Å²) < 4.78 is 1.55. The van der Waals surface area contributed by atoms with Crippen molar-refractivity contribution in [2.24, 2.45) is 11.8 Å². The highest BCUT2D eigenvalue weighted by Crippen LogP contribution is 2.54. The van der Waals surface area contributed by atoms with Gasteiger partial charge in [-0.1, -0.05) is 61.9 Å². The Balaban J connectivity index is 1.69. The van der Waals surface area contributed by atoms with Crippen LogP contribution in [0.15, 0.2) is 51.6 Å². The van der Waals surface area contributed by atoms with E-state index in [9.17, 15) is 0 Å². The van der Waals surface area contributed by atoms with Crippen molar-refractivity contribution in [2.75, 3.05) is 0 Å². The molecule has 114 valence electrons. The number of fused-ring (bicyclic) bond motifs is 3. The van der Waals surface area contributed by atoms with Gasteiger partial charge in [-0.05, 0) is 85.8 Å². The summed E-state index contributed by atoms with van der Waals surface area (Å²) in [6.45, 7) is 4.87. The minimum Gasteiger partial charge on any atom is -0.0746 e. The molecular formula is C21H23I. The van der Waals surface area contributed by atoms with Crippen LogP contribution in [0.25, 0.3) is 5.57 Å². The van der Waals surface area contributed by atoms with Crippen LogP contribution in [-0.4, -0.2) is 0 Å². The molecule has 3 aliphatic rings. The topological polar surface area (TPSA) is 0 Å². The van der Waals surface area contributed by atoms with Crippen molar-refractivity contribution in [1.29, 1.82) is 0 Å². The van der Waals surface area contributed by atoms with E-state index in [0.29, 0.717) is 5.92 Å². The molecule has 0 heterocycles. The quantitative estimate of drug-likeness (QED) is 0.475. The van der Waals surface area contributed by atoms with Crippen LogP contribution in [0.4, 0.5) is 0 Å². The molecule has 0 radical (unpaired) electrons. The Morgan fingerprint density at radius 2 is 1.95 bits per heavy atom. The van der Waals surface area contributed by atoms with Crippen LogP contribution in [0.2, 0.25) is 0 Å². The Kier molecular flexibility index (Phi) is 3.60. The van der Waals surface area contributed by atoms with Gasteiger partial charge in [-0.3, -0.25) is 0 Å². The summed E-state index contributed by atoms with van der Waals surface area (Å²) in [7, 11) is 0. The lowest BCUT2D eigenvalue weighted by Crippen LogP contribution is -2.26. The smallest absolute Gasteiger partial charge is 0.00256 e. The van der Waals surface area contributed by atoms with Crippen molar-refractivity contribution in [3.8, 4) is 0 Å². The molecule has 0 aliphatic heterocycles. The first-order valence-electron chi connectivity index (χ1n) is 8.42. The zero-order chi connectivity index (χ0) is 15.3. The molecule has 22 heavy (non-hydrogen) atoms. The Morgan fingerprint density at radius 1 is 1.14 bits per heavy atom. The zero-order valence-corrected chi connectivity index (χ0v) is 15.6. The molecule has 4 rings (SSSR count). The van der Waals surface area contributed by atoms with Crippen molar-refractivity contribution in [3.63, 3.8) is 0 Å². The molecule has 0 N–H and O–H groups in total. The number of benzene rings is 1. The second-order valence-corrected chi connectivity index (χ2v) is 8.90. The van der Waals surface area contributed by atoms with Gasteiger partial charge < -0.3 is 0 Å². The molecule has 3 aliphatic carbocycles.